The number of aromatic nitrogens is 2. The minimum absolute atomic E-state index is 0.0287. The minimum atomic E-state index is -0.296. The van der Waals surface area contributed by atoms with Gasteiger partial charge in [-0.1, -0.05) is 23.9 Å². The molecule has 0 atom stereocenters. The molecule has 2 heterocycles. The summed E-state index contributed by atoms with van der Waals surface area (Å²) in [4.78, 5) is 33.6. The summed E-state index contributed by atoms with van der Waals surface area (Å²) in [6, 6.07) is 6.11. The lowest BCUT2D eigenvalue weighted by atomic mass is 10.2. The van der Waals surface area contributed by atoms with Gasteiger partial charge in [-0.25, -0.2) is 9.37 Å². The lowest BCUT2D eigenvalue weighted by molar-refractivity contribution is -0.127. The molecule has 4 rings (SSSR count). The van der Waals surface area contributed by atoms with Gasteiger partial charge in [0.05, 0.1) is 11.1 Å². The molecule has 2 aromatic heterocycles. The van der Waals surface area contributed by atoms with Crippen molar-refractivity contribution in [2.45, 2.75) is 31.0 Å². The van der Waals surface area contributed by atoms with Crippen molar-refractivity contribution in [3.05, 3.63) is 56.4 Å². The first-order valence-electron chi connectivity index (χ1n) is 9.06. The van der Waals surface area contributed by atoms with E-state index >= 15 is 0 Å². The van der Waals surface area contributed by atoms with Crippen molar-refractivity contribution in [3.63, 3.8) is 0 Å². The quantitative estimate of drug-likeness (QED) is 0.472. The highest BCUT2D eigenvalue weighted by atomic mass is 32.2. The van der Waals surface area contributed by atoms with Crippen LogP contribution in [0.15, 0.2) is 34.2 Å². The van der Waals surface area contributed by atoms with E-state index in [1.165, 1.54) is 34.3 Å². The first kappa shape index (κ1) is 19.1. The number of fused-ring (bicyclic) bond motifs is 3. The van der Waals surface area contributed by atoms with E-state index < -0.39 is 0 Å². The summed E-state index contributed by atoms with van der Waals surface area (Å²) in [7, 11) is 3.43. The summed E-state index contributed by atoms with van der Waals surface area (Å²) in [5, 5.41) is 1.31. The second kappa shape index (κ2) is 7.67. The van der Waals surface area contributed by atoms with E-state index in [4.69, 9.17) is 0 Å². The minimum Gasteiger partial charge on any atom is -0.341 e. The Bertz CT molecular complexity index is 1110. The number of amides is 1. The lowest BCUT2D eigenvalue weighted by Gasteiger charge is -2.17. The molecule has 0 aliphatic heterocycles. The van der Waals surface area contributed by atoms with Crippen molar-refractivity contribution in [2.75, 3.05) is 12.8 Å². The maximum atomic E-state index is 13.0. The van der Waals surface area contributed by atoms with Crippen molar-refractivity contribution >= 4 is 39.2 Å². The number of nitrogens with zero attached hydrogens (tertiary/aromatic N) is 3. The highest BCUT2D eigenvalue weighted by Gasteiger charge is 2.23. The third-order valence-electron chi connectivity index (χ3n) is 4.99. The molecule has 0 unspecified atom stereocenters. The molecule has 8 heteroatoms. The molecule has 146 valence electrons. The molecule has 0 saturated heterocycles. The van der Waals surface area contributed by atoms with Gasteiger partial charge in [-0.05, 0) is 42.5 Å². The Morgan fingerprint density at radius 3 is 2.82 bits per heavy atom. The number of hydrogen-bond acceptors (Lipinski definition) is 5. The first-order valence-corrected chi connectivity index (χ1v) is 10.9. The molecule has 0 radical (unpaired) electrons. The Labute approximate surface area is 170 Å². The summed E-state index contributed by atoms with van der Waals surface area (Å²) in [5.41, 5.74) is 2.00. The molecule has 0 bridgehead atoms. The molecule has 0 N–H and O–H groups in total. The number of aryl methyl sites for hydroxylation is 2. The Morgan fingerprint density at radius 1 is 1.32 bits per heavy atom. The zero-order chi connectivity index (χ0) is 19.8. The van der Waals surface area contributed by atoms with Crippen LogP contribution in [-0.4, -0.2) is 33.2 Å². The van der Waals surface area contributed by atoms with Crippen LogP contribution < -0.4 is 5.56 Å². The zero-order valence-electron chi connectivity index (χ0n) is 15.7. The number of thioether (sulfide) groups is 1. The largest absolute Gasteiger partial charge is 0.341 e. The number of carbonyl (C=O) groups excluding carboxylic acids is 1. The number of halogens is 1. The van der Waals surface area contributed by atoms with E-state index in [0.29, 0.717) is 11.7 Å². The normalized spacial score (nSPS) is 13.1. The van der Waals surface area contributed by atoms with Gasteiger partial charge in [0.1, 0.15) is 10.6 Å². The van der Waals surface area contributed by atoms with Crippen LogP contribution in [0.1, 0.15) is 22.4 Å². The molecule has 0 spiro atoms. The first-order chi connectivity index (χ1) is 13.4. The molecule has 5 nitrogen and oxygen atoms in total. The lowest BCUT2D eigenvalue weighted by Crippen LogP contribution is -2.28. The van der Waals surface area contributed by atoms with E-state index in [2.05, 4.69) is 4.98 Å². The molecule has 3 aromatic rings. The van der Waals surface area contributed by atoms with E-state index in [9.17, 15) is 14.0 Å². The van der Waals surface area contributed by atoms with E-state index in [1.54, 1.807) is 47.0 Å². The molecule has 1 aromatic carbocycles. The summed E-state index contributed by atoms with van der Waals surface area (Å²) < 4.78 is 14.6. The van der Waals surface area contributed by atoms with Gasteiger partial charge >= 0.3 is 0 Å². The molecule has 1 aliphatic rings. The second-order valence-electron chi connectivity index (χ2n) is 6.96. The van der Waals surface area contributed by atoms with Crippen LogP contribution in [0, 0.1) is 5.82 Å². The predicted octanol–water partition coefficient (Wildman–Crippen LogP) is 3.37. The predicted molar refractivity (Wildman–Crippen MR) is 110 cm³/mol. The third-order valence-corrected chi connectivity index (χ3v) is 7.19. The standard InChI is InChI=1S/C20H20FN3O2S2/c1-23(10-12-6-8-13(21)9-7-12)16(25)11-27-20-22-18-17(19(26)24(20)2)14-4-3-5-15(14)28-18/h6-9H,3-5,10-11H2,1-2H3. The summed E-state index contributed by atoms with van der Waals surface area (Å²) in [5.74, 6) is -0.179. The molecule has 28 heavy (non-hydrogen) atoms. The average molecular weight is 418 g/mol. The topological polar surface area (TPSA) is 55.2 Å². The molecular formula is C20H20FN3O2S2. The van der Waals surface area contributed by atoms with Gasteiger partial charge in [-0.15, -0.1) is 11.3 Å². The fourth-order valence-electron chi connectivity index (χ4n) is 3.42. The Morgan fingerprint density at radius 2 is 2.07 bits per heavy atom. The van der Waals surface area contributed by atoms with Crippen LogP contribution >= 0.6 is 23.1 Å². The molecule has 1 amide bonds. The van der Waals surface area contributed by atoms with E-state index in [0.717, 1.165) is 35.0 Å². The molecular weight excluding hydrogens is 397 g/mol. The highest BCUT2D eigenvalue weighted by molar-refractivity contribution is 7.99. The fourth-order valence-corrected chi connectivity index (χ4v) is 5.64. The van der Waals surface area contributed by atoms with Crippen LogP contribution in [-0.2, 0) is 31.2 Å². The summed E-state index contributed by atoms with van der Waals surface area (Å²) >= 11 is 2.88. The monoisotopic (exact) mass is 417 g/mol. The molecule has 0 saturated carbocycles. The van der Waals surface area contributed by atoms with Crippen molar-refractivity contribution in [1.29, 1.82) is 0 Å². The SMILES string of the molecule is CN(Cc1ccc(F)cc1)C(=O)CSc1nc2sc3c(c2c(=O)n1C)CCC3. The average Bonchev–Trinajstić information content (AvgIpc) is 3.25. The third kappa shape index (κ3) is 3.58. The number of rotatable bonds is 5. The van der Waals surface area contributed by atoms with Gasteiger partial charge in [-0.2, -0.15) is 0 Å². The Hall–Kier alpha value is -2.19. The summed E-state index contributed by atoms with van der Waals surface area (Å²) in [6.45, 7) is 0.405. The van der Waals surface area contributed by atoms with E-state index in [-0.39, 0.29) is 23.0 Å². The van der Waals surface area contributed by atoms with Crippen molar-refractivity contribution in [2.24, 2.45) is 7.05 Å². The number of benzene rings is 1. The van der Waals surface area contributed by atoms with Crippen LogP contribution in [0.2, 0.25) is 0 Å². The number of hydrogen-bond donors (Lipinski definition) is 0. The van der Waals surface area contributed by atoms with Gasteiger partial charge in [0.15, 0.2) is 5.16 Å². The van der Waals surface area contributed by atoms with Gasteiger partial charge < -0.3 is 4.90 Å². The number of carbonyl (C=O) groups is 1. The van der Waals surface area contributed by atoms with E-state index in [1.807, 2.05) is 0 Å². The highest BCUT2D eigenvalue weighted by Crippen LogP contribution is 2.35. The fraction of sp³-hybridized carbons (Fsp3) is 0.350. The van der Waals surface area contributed by atoms with Crippen LogP contribution in [0.25, 0.3) is 10.2 Å². The van der Waals surface area contributed by atoms with Gasteiger partial charge in [-0.3, -0.25) is 14.2 Å². The zero-order valence-corrected chi connectivity index (χ0v) is 17.3. The van der Waals surface area contributed by atoms with Gasteiger partial charge in [0.25, 0.3) is 5.56 Å². The van der Waals surface area contributed by atoms with Crippen LogP contribution in [0.4, 0.5) is 4.39 Å². The Balaban J connectivity index is 1.47. The summed E-state index contributed by atoms with van der Waals surface area (Å²) in [6.07, 6.45) is 3.08. The second-order valence-corrected chi connectivity index (χ2v) is 8.99. The van der Waals surface area contributed by atoms with Gasteiger partial charge in [0, 0.05) is 25.5 Å². The molecule has 1 aliphatic carbocycles. The Kier molecular flexibility index (Phi) is 5.25. The molecule has 0 fully saturated rings. The van der Waals surface area contributed by atoms with Gasteiger partial charge in [0.2, 0.25) is 5.91 Å². The maximum Gasteiger partial charge on any atom is 0.262 e. The van der Waals surface area contributed by atoms with Crippen molar-refractivity contribution < 1.29 is 9.18 Å². The van der Waals surface area contributed by atoms with Crippen LogP contribution in [0.3, 0.4) is 0 Å². The van der Waals surface area contributed by atoms with Crippen LogP contribution in [0.5, 0.6) is 0 Å². The van der Waals surface area contributed by atoms with Crippen molar-refractivity contribution in [3.8, 4) is 0 Å². The number of thiophene rings is 1. The van der Waals surface area contributed by atoms with Crippen molar-refractivity contribution in [1.82, 2.24) is 14.5 Å². The smallest absolute Gasteiger partial charge is 0.262 e. The maximum absolute atomic E-state index is 13.0.